The summed E-state index contributed by atoms with van der Waals surface area (Å²) in [7, 11) is 0. The Labute approximate surface area is 86.5 Å². The molecule has 3 N–H and O–H groups in total. The summed E-state index contributed by atoms with van der Waals surface area (Å²) in [6.07, 6.45) is 0. The number of alkyl halides is 1. The van der Waals surface area contributed by atoms with E-state index < -0.39 is 5.97 Å². The second-order valence-corrected chi connectivity index (χ2v) is 2.85. The van der Waals surface area contributed by atoms with Crippen LogP contribution in [0.15, 0.2) is 18.2 Å². The van der Waals surface area contributed by atoms with Gasteiger partial charge in [-0.2, -0.15) is 0 Å². The smallest absolute Gasteiger partial charge is 0.335 e. The second-order valence-electron chi connectivity index (χ2n) is 2.58. The van der Waals surface area contributed by atoms with Gasteiger partial charge in [0.1, 0.15) is 0 Å². The van der Waals surface area contributed by atoms with E-state index in [9.17, 15) is 4.79 Å². The van der Waals surface area contributed by atoms with Crippen LogP contribution in [0.5, 0.6) is 0 Å². The van der Waals surface area contributed by atoms with Crippen LogP contribution in [-0.2, 0) is 0 Å². The molecule has 14 heavy (non-hydrogen) atoms. The van der Waals surface area contributed by atoms with Crippen LogP contribution >= 0.6 is 11.6 Å². The molecule has 0 spiro atoms. The fraction of sp³-hybridized carbons (Fsp3) is 0.100. The van der Waals surface area contributed by atoms with Crippen LogP contribution in [0, 0.1) is 11.8 Å². The monoisotopic (exact) mass is 209 g/mol. The summed E-state index contributed by atoms with van der Waals surface area (Å²) in [5, 5.41) is 8.73. The number of nitrogens with two attached hydrogens (primary N) is 1. The lowest BCUT2D eigenvalue weighted by Crippen LogP contribution is -1.98. The zero-order valence-corrected chi connectivity index (χ0v) is 8.01. The highest BCUT2D eigenvalue weighted by Crippen LogP contribution is 2.11. The maximum atomic E-state index is 10.6. The Hall–Kier alpha value is -1.66. The van der Waals surface area contributed by atoms with Crippen molar-refractivity contribution in [2.45, 2.75) is 0 Å². The Morgan fingerprint density at radius 3 is 2.79 bits per heavy atom. The van der Waals surface area contributed by atoms with Crippen molar-refractivity contribution < 1.29 is 9.90 Å². The van der Waals surface area contributed by atoms with E-state index >= 15 is 0 Å². The number of aromatic carboxylic acids is 1. The molecular formula is C10H8ClNO2. The highest BCUT2D eigenvalue weighted by atomic mass is 35.5. The van der Waals surface area contributed by atoms with Crippen molar-refractivity contribution in [3.63, 3.8) is 0 Å². The van der Waals surface area contributed by atoms with E-state index in [0.29, 0.717) is 11.3 Å². The Morgan fingerprint density at radius 2 is 2.21 bits per heavy atom. The molecular weight excluding hydrogens is 202 g/mol. The van der Waals surface area contributed by atoms with Crippen molar-refractivity contribution >= 4 is 23.3 Å². The normalized spacial score (nSPS) is 8.93. The molecule has 0 bridgehead atoms. The molecule has 0 unspecified atom stereocenters. The largest absolute Gasteiger partial charge is 0.478 e. The van der Waals surface area contributed by atoms with E-state index in [2.05, 4.69) is 11.8 Å². The number of hydrogen-bond donors (Lipinski definition) is 2. The van der Waals surface area contributed by atoms with Gasteiger partial charge in [0.2, 0.25) is 0 Å². The number of rotatable bonds is 1. The summed E-state index contributed by atoms with van der Waals surface area (Å²) >= 11 is 5.37. The minimum absolute atomic E-state index is 0.129. The standard InChI is InChI=1S/C10H8ClNO2/c11-3-1-2-7-4-8(10(13)14)6-9(12)5-7/h4-6H,3,12H2,(H,13,14). The average molecular weight is 210 g/mol. The highest BCUT2D eigenvalue weighted by Gasteiger charge is 2.03. The average Bonchev–Trinajstić information content (AvgIpc) is 2.14. The minimum atomic E-state index is -1.02. The van der Waals surface area contributed by atoms with Gasteiger partial charge >= 0.3 is 5.97 Å². The molecule has 0 aliphatic rings. The molecule has 0 heterocycles. The van der Waals surface area contributed by atoms with E-state index in [1.807, 2.05) is 0 Å². The zero-order chi connectivity index (χ0) is 10.6. The summed E-state index contributed by atoms with van der Waals surface area (Å²) in [6.45, 7) is 0. The number of anilines is 1. The summed E-state index contributed by atoms with van der Waals surface area (Å²) < 4.78 is 0. The highest BCUT2D eigenvalue weighted by molar-refractivity contribution is 6.19. The third kappa shape index (κ3) is 2.68. The van der Waals surface area contributed by atoms with Crippen LogP contribution in [0.25, 0.3) is 0 Å². The lowest BCUT2D eigenvalue weighted by molar-refractivity contribution is 0.0697. The molecule has 0 saturated carbocycles. The third-order valence-corrected chi connectivity index (χ3v) is 1.64. The zero-order valence-electron chi connectivity index (χ0n) is 7.25. The maximum absolute atomic E-state index is 10.6. The van der Waals surface area contributed by atoms with Gasteiger partial charge in [-0.25, -0.2) is 4.79 Å². The Bertz CT molecular complexity index is 418. The van der Waals surface area contributed by atoms with E-state index in [1.54, 1.807) is 6.07 Å². The van der Waals surface area contributed by atoms with Gasteiger partial charge in [0.15, 0.2) is 0 Å². The summed E-state index contributed by atoms with van der Waals surface area (Å²) in [4.78, 5) is 10.6. The van der Waals surface area contributed by atoms with Gasteiger partial charge in [-0.15, -0.1) is 11.6 Å². The summed E-state index contributed by atoms with van der Waals surface area (Å²) in [6, 6.07) is 4.44. The van der Waals surface area contributed by atoms with E-state index in [-0.39, 0.29) is 11.4 Å². The predicted octanol–water partition coefficient (Wildman–Crippen LogP) is 1.56. The number of nitrogen functional groups attached to an aromatic ring is 1. The van der Waals surface area contributed by atoms with Crippen LogP contribution in [0.2, 0.25) is 0 Å². The lowest BCUT2D eigenvalue weighted by Gasteiger charge is -1.98. The molecule has 0 aliphatic carbocycles. The molecule has 4 heteroatoms. The predicted molar refractivity (Wildman–Crippen MR) is 55.4 cm³/mol. The third-order valence-electron chi connectivity index (χ3n) is 1.50. The Kier molecular flexibility index (Phi) is 3.38. The number of carboxylic acid groups (broad SMARTS) is 1. The van der Waals surface area contributed by atoms with Crippen molar-refractivity contribution in [2.75, 3.05) is 11.6 Å². The van der Waals surface area contributed by atoms with Crippen LogP contribution in [0.4, 0.5) is 5.69 Å². The molecule has 0 atom stereocenters. The molecule has 0 fully saturated rings. The summed E-state index contributed by atoms with van der Waals surface area (Å²) in [5.41, 5.74) is 6.57. The number of carboxylic acids is 1. The first-order valence-electron chi connectivity index (χ1n) is 3.82. The molecule has 0 aliphatic heterocycles. The number of hydrogen-bond acceptors (Lipinski definition) is 2. The van der Waals surface area contributed by atoms with Crippen molar-refractivity contribution in [1.82, 2.24) is 0 Å². The fourth-order valence-corrected chi connectivity index (χ4v) is 1.05. The topological polar surface area (TPSA) is 63.3 Å². The number of carbonyl (C=O) groups is 1. The van der Waals surface area contributed by atoms with Crippen LogP contribution in [0.1, 0.15) is 15.9 Å². The molecule has 0 aromatic heterocycles. The van der Waals surface area contributed by atoms with Gasteiger partial charge in [0.05, 0.1) is 11.4 Å². The molecule has 72 valence electrons. The SMILES string of the molecule is Nc1cc(C#CCCl)cc(C(=O)O)c1. The van der Waals surface area contributed by atoms with Crippen molar-refractivity contribution in [1.29, 1.82) is 0 Å². The molecule has 1 aromatic carbocycles. The van der Waals surface area contributed by atoms with Crippen LogP contribution < -0.4 is 5.73 Å². The van der Waals surface area contributed by atoms with Crippen LogP contribution in [-0.4, -0.2) is 17.0 Å². The van der Waals surface area contributed by atoms with Crippen molar-refractivity contribution in [2.24, 2.45) is 0 Å². The molecule has 0 saturated heterocycles. The molecule has 1 aromatic rings. The quantitative estimate of drug-likeness (QED) is 0.419. The molecule has 0 radical (unpaired) electrons. The maximum Gasteiger partial charge on any atom is 0.335 e. The van der Waals surface area contributed by atoms with Gasteiger partial charge in [-0.05, 0) is 18.2 Å². The van der Waals surface area contributed by atoms with E-state index in [0.717, 1.165) is 0 Å². The van der Waals surface area contributed by atoms with E-state index in [1.165, 1.54) is 12.1 Å². The van der Waals surface area contributed by atoms with Gasteiger partial charge in [-0.1, -0.05) is 11.8 Å². The van der Waals surface area contributed by atoms with E-state index in [4.69, 9.17) is 22.4 Å². The van der Waals surface area contributed by atoms with Crippen LogP contribution in [0.3, 0.4) is 0 Å². The molecule has 3 nitrogen and oxygen atoms in total. The Balaban J connectivity index is 3.13. The van der Waals surface area contributed by atoms with Crippen molar-refractivity contribution in [3.05, 3.63) is 29.3 Å². The second kappa shape index (κ2) is 4.54. The number of benzene rings is 1. The number of halogens is 1. The lowest BCUT2D eigenvalue weighted by atomic mass is 10.1. The summed E-state index contributed by atoms with van der Waals surface area (Å²) in [5.74, 6) is 4.51. The van der Waals surface area contributed by atoms with Crippen molar-refractivity contribution in [3.8, 4) is 11.8 Å². The Morgan fingerprint density at radius 1 is 1.50 bits per heavy atom. The molecule has 1 rings (SSSR count). The molecule has 0 amide bonds. The first-order chi connectivity index (χ1) is 6.63. The van der Waals surface area contributed by atoms with Gasteiger partial charge < -0.3 is 10.8 Å². The van der Waals surface area contributed by atoms with Gasteiger partial charge in [0, 0.05) is 11.3 Å². The fourth-order valence-electron chi connectivity index (χ4n) is 0.983. The first-order valence-corrected chi connectivity index (χ1v) is 4.35. The van der Waals surface area contributed by atoms with Gasteiger partial charge in [0.25, 0.3) is 0 Å². The first kappa shape index (κ1) is 10.4. The minimum Gasteiger partial charge on any atom is -0.478 e. The van der Waals surface area contributed by atoms with Gasteiger partial charge in [-0.3, -0.25) is 0 Å².